The summed E-state index contributed by atoms with van der Waals surface area (Å²) in [6, 6.07) is 0.410. The van der Waals surface area contributed by atoms with E-state index in [9.17, 15) is 0 Å². The fraction of sp³-hybridized carbons (Fsp3) is 0.667. The van der Waals surface area contributed by atoms with Gasteiger partial charge in [-0.25, -0.2) is 4.98 Å². The van der Waals surface area contributed by atoms with Crippen LogP contribution in [0.3, 0.4) is 0 Å². The molecule has 1 saturated carbocycles. The normalized spacial score (nSPS) is 27.2. The van der Waals surface area contributed by atoms with E-state index in [1.54, 1.807) is 19.5 Å². The second kappa shape index (κ2) is 4.01. The molecule has 0 aliphatic heterocycles. The van der Waals surface area contributed by atoms with Crippen LogP contribution in [0.25, 0.3) is 0 Å². The van der Waals surface area contributed by atoms with Crippen molar-refractivity contribution in [2.75, 3.05) is 12.4 Å². The summed E-state index contributed by atoms with van der Waals surface area (Å²) in [5, 5.41) is 3.45. The summed E-state index contributed by atoms with van der Waals surface area (Å²) in [5.41, 5.74) is 1.10. The van der Waals surface area contributed by atoms with Crippen LogP contribution in [0, 0.1) is 12.3 Å². The van der Waals surface area contributed by atoms with Crippen LogP contribution in [0.5, 0.6) is 0 Å². The number of methoxy groups -OCH3 is 1. The summed E-state index contributed by atoms with van der Waals surface area (Å²) < 4.78 is 5.42. The Morgan fingerprint density at radius 3 is 2.62 bits per heavy atom. The number of hydrogen-bond donors (Lipinski definition) is 1. The highest BCUT2D eigenvalue weighted by Crippen LogP contribution is 2.43. The summed E-state index contributed by atoms with van der Waals surface area (Å²) in [6.45, 7) is 6.40. The van der Waals surface area contributed by atoms with Gasteiger partial charge in [0.05, 0.1) is 11.8 Å². The molecule has 0 radical (unpaired) electrons. The van der Waals surface area contributed by atoms with Crippen LogP contribution in [-0.2, 0) is 4.74 Å². The standard InChI is InChI=1S/C12H19N3O/c1-8-11(14-6-5-13-8)15-9-7-10(16-4)12(9,2)3/h5-6,9-10H,7H2,1-4H3,(H,14,15). The number of ether oxygens (including phenoxy) is 1. The average molecular weight is 221 g/mol. The van der Waals surface area contributed by atoms with Crippen LogP contribution in [0.1, 0.15) is 26.0 Å². The largest absolute Gasteiger partial charge is 0.381 e. The molecule has 1 aliphatic rings. The van der Waals surface area contributed by atoms with Crippen LogP contribution in [0.2, 0.25) is 0 Å². The molecule has 0 spiro atoms. The predicted octanol–water partition coefficient (Wildman–Crippen LogP) is 2.01. The summed E-state index contributed by atoms with van der Waals surface area (Å²) in [6.07, 6.45) is 4.79. The number of aromatic nitrogens is 2. The van der Waals surface area contributed by atoms with E-state index in [0.717, 1.165) is 17.9 Å². The van der Waals surface area contributed by atoms with E-state index < -0.39 is 0 Å². The third-order valence-corrected chi connectivity index (χ3v) is 3.65. The summed E-state index contributed by atoms with van der Waals surface area (Å²) in [5.74, 6) is 0.884. The molecule has 1 aromatic heterocycles. The molecule has 0 aromatic carbocycles. The second-order valence-electron chi connectivity index (χ2n) is 4.97. The molecule has 88 valence electrons. The maximum atomic E-state index is 5.42. The van der Waals surface area contributed by atoms with Gasteiger partial charge in [-0.15, -0.1) is 0 Å². The molecule has 1 aromatic rings. The lowest BCUT2D eigenvalue weighted by atomic mass is 9.64. The molecule has 1 N–H and O–H groups in total. The van der Waals surface area contributed by atoms with Gasteiger partial charge in [-0.05, 0) is 13.3 Å². The molecule has 4 heteroatoms. The van der Waals surface area contributed by atoms with Crippen LogP contribution < -0.4 is 5.32 Å². The number of nitrogens with one attached hydrogen (secondary N) is 1. The molecule has 1 heterocycles. The predicted molar refractivity (Wildman–Crippen MR) is 63.4 cm³/mol. The van der Waals surface area contributed by atoms with Crippen molar-refractivity contribution in [3.05, 3.63) is 18.1 Å². The maximum absolute atomic E-state index is 5.42. The molecule has 16 heavy (non-hydrogen) atoms. The maximum Gasteiger partial charge on any atom is 0.147 e. The van der Waals surface area contributed by atoms with Crippen molar-refractivity contribution in [1.29, 1.82) is 0 Å². The third-order valence-electron chi connectivity index (χ3n) is 3.65. The van der Waals surface area contributed by atoms with Crippen LogP contribution in [0.4, 0.5) is 5.82 Å². The van der Waals surface area contributed by atoms with Gasteiger partial charge in [0.25, 0.3) is 0 Å². The SMILES string of the molecule is COC1CC(Nc2nccnc2C)C1(C)C. The fourth-order valence-electron chi connectivity index (χ4n) is 2.24. The first-order valence-electron chi connectivity index (χ1n) is 5.62. The average Bonchev–Trinajstić information content (AvgIpc) is 2.26. The number of aryl methyl sites for hydroxylation is 1. The lowest BCUT2D eigenvalue weighted by Crippen LogP contribution is -2.57. The van der Waals surface area contributed by atoms with E-state index in [4.69, 9.17) is 4.74 Å². The number of hydrogen-bond acceptors (Lipinski definition) is 4. The van der Waals surface area contributed by atoms with Crippen LogP contribution in [-0.4, -0.2) is 29.2 Å². The van der Waals surface area contributed by atoms with Gasteiger partial charge in [-0.2, -0.15) is 0 Å². The van der Waals surface area contributed by atoms with E-state index in [2.05, 4.69) is 29.1 Å². The van der Waals surface area contributed by atoms with Crippen molar-refractivity contribution in [2.45, 2.75) is 39.3 Å². The number of nitrogens with zero attached hydrogens (tertiary/aromatic N) is 2. The van der Waals surface area contributed by atoms with Gasteiger partial charge in [-0.3, -0.25) is 4.98 Å². The Morgan fingerprint density at radius 1 is 1.38 bits per heavy atom. The third kappa shape index (κ3) is 1.78. The van der Waals surface area contributed by atoms with Gasteiger partial charge >= 0.3 is 0 Å². The van der Waals surface area contributed by atoms with Gasteiger partial charge in [0, 0.05) is 31.0 Å². The minimum Gasteiger partial charge on any atom is -0.381 e. The molecule has 1 aliphatic carbocycles. The molecule has 0 bridgehead atoms. The van der Waals surface area contributed by atoms with Gasteiger partial charge in [-0.1, -0.05) is 13.8 Å². The summed E-state index contributed by atoms with van der Waals surface area (Å²) in [4.78, 5) is 8.52. The van der Waals surface area contributed by atoms with Crippen molar-refractivity contribution in [2.24, 2.45) is 5.41 Å². The quantitative estimate of drug-likeness (QED) is 0.848. The first kappa shape index (κ1) is 11.3. The Balaban J connectivity index is 2.05. The van der Waals surface area contributed by atoms with Gasteiger partial charge < -0.3 is 10.1 Å². The van der Waals surface area contributed by atoms with Crippen LogP contribution >= 0.6 is 0 Å². The molecule has 0 amide bonds. The smallest absolute Gasteiger partial charge is 0.147 e. The Labute approximate surface area is 96.4 Å². The Hall–Kier alpha value is -1.16. The first-order chi connectivity index (χ1) is 7.55. The highest BCUT2D eigenvalue weighted by molar-refractivity contribution is 5.41. The van der Waals surface area contributed by atoms with Gasteiger partial charge in [0.2, 0.25) is 0 Å². The van der Waals surface area contributed by atoms with E-state index in [-0.39, 0.29) is 5.41 Å². The number of anilines is 1. The number of rotatable bonds is 3. The lowest BCUT2D eigenvalue weighted by Gasteiger charge is -2.51. The minimum atomic E-state index is 0.151. The van der Waals surface area contributed by atoms with Crippen LogP contribution in [0.15, 0.2) is 12.4 Å². The topological polar surface area (TPSA) is 47.0 Å². The molecular weight excluding hydrogens is 202 g/mol. The zero-order valence-electron chi connectivity index (χ0n) is 10.3. The molecule has 0 saturated heterocycles. The van der Waals surface area contributed by atoms with E-state index in [1.807, 2.05) is 6.92 Å². The van der Waals surface area contributed by atoms with E-state index >= 15 is 0 Å². The van der Waals surface area contributed by atoms with Crippen molar-refractivity contribution in [1.82, 2.24) is 9.97 Å². The molecule has 2 unspecified atom stereocenters. The van der Waals surface area contributed by atoms with Gasteiger partial charge in [0.15, 0.2) is 0 Å². The second-order valence-corrected chi connectivity index (χ2v) is 4.97. The summed E-state index contributed by atoms with van der Waals surface area (Å²) in [7, 11) is 1.77. The molecule has 2 rings (SSSR count). The Morgan fingerprint density at radius 2 is 2.06 bits per heavy atom. The highest BCUT2D eigenvalue weighted by atomic mass is 16.5. The van der Waals surface area contributed by atoms with E-state index in [1.165, 1.54) is 0 Å². The fourth-order valence-corrected chi connectivity index (χ4v) is 2.24. The van der Waals surface area contributed by atoms with E-state index in [0.29, 0.717) is 12.1 Å². The van der Waals surface area contributed by atoms with Crippen molar-refractivity contribution in [3.63, 3.8) is 0 Å². The zero-order valence-corrected chi connectivity index (χ0v) is 10.3. The van der Waals surface area contributed by atoms with Crippen molar-refractivity contribution in [3.8, 4) is 0 Å². The Bertz CT molecular complexity index is 378. The Kier molecular flexibility index (Phi) is 2.84. The first-order valence-corrected chi connectivity index (χ1v) is 5.62. The highest BCUT2D eigenvalue weighted by Gasteiger charge is 2.48. The molecule has 4 nitrogen and oxygen atoms in total. The summed E-state index contributed by atoms with van der Waals surface area (Å²) >= 11 is 0. The zero-order chi connectivity index (χ0) is 11.8. The minimum absolute atomic E-state index is 0.151. The molecule has 1 fully saturated rings. The molecule has 2 atom stereocenters. The van der Waals surface area contributed by atoms with Crippen molar-refractivity contribution < 1.29 is 4.74 Å². The van der Waals surface area contributed by atoms with Gasteiger partial charge in [0.1, 0.15) is 5.82 Å². The van der Waals surface area contributed by atoms with Crippen molar-refractivity contribution >= 4 is 5.82 Å². The monoisotopic (exact) mass is 221 g/mol. The lowest BCUT2D eigenvalue weighted by molar-refractivity contribution is -0.0795. The molecular formula is C12H19N3O.